The van der Waals surface area contributed by atoms with Crippen molar-refractivity contribution in [2.24, 2.45) is 7.05 Å². The number of rotatable bonds is 3. The summed E-state index contributed by atoms with van der Waals surface area (Å²) in [7, 11) is 2.05. The summed E-state index contributed by atoms with van der Waals surface area (Å²) in [5.41, 5.74) is 5.67. The summed E-state index contributed by atoms with van der Waals surface area (Å²) in [6, 6.07) is 25.6. The van der Waals surface area contributed by atoms with Crippen molar-refractivity contribution in [1.82, 2.24) is 9.47 Å². The van der Waals surface area contributed by atoms with Gasteiger partial charge in [-0.2, -0.15) is 0 Å². The van der Waals surface area contributed by atoms with Crippen molar-refractivity contribution in [3.8, 4) is 0 Å². The zero-order valence-electron chi connectivity index (χ0n) is 18.9. The van der Waals surface area contributed by atoms with E-state index in [0.29, 0.717) is 0 Å². The molecule has 0 saturated heterocycles. The van der Waals surface area contributed by atoms with Crippen molar-refractivity contribution < 1.29 is 4.79 Å². The van der Waals surface area contributed by atoms with Crippen LogP contribution in [0.4, 0.5) is 0 Å². The van der Waals surface area contributed by atoms with Gasteiger partial charge < -0.3 is 9.47 Å². The van der Waals surface area contributed by atoms with Crippen LogP contribution in [0, 0.1) is 6.92 Å². The molecular formula is C29H26N2OS. The first kappa shape index (κ1) is 20.3. The summed E-state index contributed by atoms with van der Waals surface area (Å²) >= 11 is 1.79. The van der Waals surface area contributed by atoms with Crippen LogP contribution in [-0.2, 0) is 19.9 Å². The molecule has 0 radical (unpaired) electrons. The number of amides is 1. The smallest absolute Gasteiger partial charge is 0.256 e. The van der Waals surface area contributed by atoms with Gasteiger partial charge in [0.25, 0.3) is 5.91 Å². The van der Waals surface area contributed by atoms with E-state index < -0.39 is 0 Å². The van der Waals surface area contributed by atoms with Crippen LogP contribution in [-0.4, -0.2) is 21.9 Å². The standard InChI is InChI=1S/C29H26N2OS/c1-19-27(24-12-5-6-13-25(24)30(19)2)29(32)31-16-14-21-15-17-33-28(21)26(31)18-22-10-7-9-20-8-3-4-11-23(20)22/h3-13,15,17,26H,14,16,18H2,1-2H3. The molecule has 1 aliphatic heterocycles. The normalized spacial score (nSPS) is 15.8. The number of hydrogen-bond acceptors (Lipinski definition) is 2. The molecule has 33 heavy (non-hydrogen) atoms. The molecule has 2 aromatic heterocycles. The van der Waals surface area contributed by atoms with Crippen molar-refractivity contribution in [3.05, 3.63) is 105 Å². The van der Waals surface area contributed by atoms with Crippen molar-refractivity contribution in [1.29, 1.82) is 0 Å². The van der Waals surface area contributed by atoms with Crippen LogP contribution < -0.4 is 0 Å². The molecular weight excluding hydrogens is 424 g/mol. The van der Waals surface area contributed by atoms with Crippen molar-refractivity contribution in [3.63, 3.8) is 0 Å². The lowest BCUT2D eigenvalue weighted by Crippen LogP contribution is -2.40. The number of thiophene rings is 1. The van der Waals surface area contributed by atoms with Crippen LogP contribution in [0.3, 0.4) is 0 Å². The zero-order chi connectivity index (χ0) is 22.5. The van der Waals surface area contributed by atoms with E-state index in [0.717, 1.165) is 41.5 Å². The number of nitrogens with zero attached hydrogens (tertiary/aromatic N) is 2. The summed E-state index contributed by atoms with van der Waals surface area (Å²) in [5, 5.41) is 5.75. The molecule has 0 spiro atoms. The molecule has 4 heteroatoms. The molecule has 5 aromatic rings. The lowest BCUT2D eigenvalue weighted by atomic mass is 9.92. The Labute approximate surface area is 197 Å². The van der Waals surface area contributed by atoms with Crippen LogP contribution in [0.5, 0.6) is 0 Å². The Kier molecular flexibility index (Phi) is 4.84. The minimum absolute atomic E-state index is 0.0467. The van der Waals surface area contributed by atoms with E-state index in [1.54, 1.807) is 11.3 Å². The van der Waals surface area contributed by atoms with Gasteiger partial charge in [0.15, 0.2) is 0 Å². The number of aryl methyl sites for hydroxylation is 1. The fraction of sp³-hybridized carbons (Fsp3) is 0.207. The SMILES string of the molecule is Cc1c(C(=O)N2CCc3ccsc3C2Cc2cccc3ccccc23)c2ccccc2n1C. The fourth-order valence-electron chi connectivity index (χ4n) is 5.44. The van der Waals surface area contributed by atoms with E-state index in [9.17, 15) is 4.79 Å². The number of carbonyl (C=O) groups excluding carboxylic acids is 1. The first-order valence-electron chi connectivity index (χ1n) is 11.5. The average molecular weight is 451 g/mol. The maximum absolute atomic E-state index is 14.2. The lowest BCUT2D eigenvalue weighted by molar-refractivity contribution is 0.0666. The topological polar surface area (TPSA) is 25.2 Å². The fourth-order valence-corrected chi connectivity index (χ4v) is 6.51. The molecule has 3 heterocycles. The van der Waals surface area contributed by atoms with Gasteiger partial charge in [0.2, 0.25) is 0 Å². The van der Waals surface area contributed by atoms with Crippen LogP contribution in [0.1, 0.15) is 38.1 Å². The maximum atomic E-state index is 14.2. The highest BCUT2D eigenvalue weighted by molar-refractivity contribution is 7.10. The quantitative estimate of drug-likeness (QED) is 0.301. The van der Waals surface area contributed by atoms with Gasteiger partial charge in [-0.25, -0.2) is 0 Å². The second kappa shape index (κ2) is 7.89. The Morgan fingerprint density at radius 1 is 0.970 bits per heavy atom. The van der Waals surface area contributed by atoms with E-state index in [2.05, 4.69) is 89.5 Å². The highest BCUT2D eigenvalue weighted by Gasteiger charge is 2.34. The lowest BCUT2D eigenvalue weighted by Gasteiger charge is -2.36. The van der Waals surface area contributed by atoms with Gasteiger partial charge in [-0.3, -0.25) is 4.79 Å². The largest absolute Gasteiger partial charge is 0.347 e. The van der Waals surface area contributed by atoms with Crippen molar-refractivity contribution >= 4 is 38.9 Å². The van der Waals surface area contributed by atoms with Gasteiger partial charge in [-0.15, -0.1) is 11.3 Å². The molecule has 1 atom stereocenters. The van der Waals surface area contributed by atoms with E-state index in [-0.39, 0.29) is 11.9 Å². The molecule has 0 N–H and O–H groups in total. The van der Waals surface area contributed by atoms with Gasteiger partial charge in [0.05, 0.1) is 11.6 Å². The minimum atomic E-state index is 0.0467. The molecule has 0 saturated carbocycles. The third kappa shape index (κ3) is 3.20. The highest BCUT2D eigenvalue weighted by atomic mass is 32.1. The van der Waals surface area contributed by atoms with Gasteiger partial charge >= 0.3 is 0 Å². The number of hydrogen-bond donors (Lipinski definition) is 0. The van der Waals surface area contributed by atoms with Crippen molar-refractivity contribution in [2.45, 2.75) is 25.8 Å². The summed E-state index contributed by atoms with van der Waals surface area (Å²) in [5.74, 6) is 0.147. The number of carbonyl (C=O) groups is 1. The number of fused-ring (bicyclic) bond motifs is 3. The van der Waals surface area contributed by atoms with Gasteiger partial charge in [-0.05, 0) is 59.2 Å². The molecule has 3 aromatic carbocycles. The molecule has 0 aliphatic carbocycles. The molecule has 0 fully saturated rings. The van der Waals surface area contributed by atoms with E-state index in [1.165, 1.54) is 26.8 Å². The van der Waals surface area contributed by atoms with Crippen molar-refractivity contribution in [2.75, 3.05) is 6.54 Å². The van der Waals surface area contributed by atoms with E-state index in [1.807, 2.05) is 12.1 Å². The Bertz CT molecular complexity index is 1500. The van der Waals surface area contributed by atoms with Crippen LogP contribution >= 0.6 is 11.3 Å². The summed E-state index contributed by atoms with van der Waals surface area (Å²) in [6.07, 6.45) is 1.74. The van der Waals surface area contributed by atoms with Gasteiger partial charge in [0.1, 0.15) is 0 Å². The Hall–Kier alpha value is -3.37. The second-order valence-corrected chi connectivity index (χ2v) is 9.90. The second-order valence-electron chi connectivity index (χ2n) is 8.95. The molecule has 164 valence electrons. The number of aromatic nitrogens is 1. The van der Waals surface area contributed by atoms with E-state index >= 15 is 0 Å². The Balaban J connectivity index is 1.46. The van der Waals surface area contributed by atoms with Crippen LogP contribution in [0.15, 0.2) is 78.2 Å². The number of benzene rings is 3. The van der Waals surface area contributed by atoms with Gasteiger partial charge in [-0.1, -0.05) is 60.7 Å². The summed E-state index contributed by atoms with van der Waals surface area (Å²) in [4.78, 5) is 17.6. The summed E-state index contributed by atoms with van der Waals surface area (Å²) < 4.78 is 2.14. The molecule has 1 unspecified atom stereocenters. The molecule has 3 nitrogen and oxygen atoms in total. The third-order valence-electron chi connectivity index (χ3n) is 7.25. The van der Waals surface area contributed by atoms with Gasteiger partial charge in [0, 0.05) is 35.1 Å². The third-order valence-corrected chi connectivity index (χ3v) is 8.31. The molecule has 1 aliphatic rings. The van der Waals surface area contributed by atoms with E-state index in [4.69, 9.17) is 0 Å². The monoisotopic (exact) mass is 450 g/mol. The first-order valence-corrected chi connectivity index (χ1v) is 12.4. The van der Waals surface area contributed by atoms with Crippen LogP contribution in [0.25, 0.3) is 21.7 Å². The predicted molar refractivity (Wildman–Crippen MR) is 137 cm³/mol. The first-order chi connectivity index (χ1) is 16.1. The predicted octanol–water partition coefficient (Wildman–Crippen LogP) is 6.68. The minimum Gasteiger partial charge on any atom is -0.347 e. The molecule has 0 bridgehead atoms. The number of para-hydroxylation sites is 1. The highest BCUT2D eigenvalue weighted by Crippen LogP contribution is 2.39. The van der Waals surface area contributed by atoms with Crippen LogP contribution in [0.2, 0.25) is 0 Å². The Morgan fingerprint density at radius 2 is 1.73 bits per heavy atom. The average Bonchev–Trinajstić information content (AvgIpc) is 3.42. The Morgan fingerprint density at radius 3 is 2.61 bits per heavy atom. The summed E-state index contributed by atoms with van der Waals surface area (Å²) in [6.45, 7) is 2.81. The molecule has 1 amide bonds. The molecule has 6 rings (SSSR count). The maximum Gasteiger partial charge on any atom is 0.256 e. The zero-order valence-corrected chi connectivity index (χ0v) is 19.7.